The zero-order chi connectivity index (χ0) is 13.6. The summed E-state index contributed by atoms with van der Waals surface area (Å²) in [7, 11) is 3.87. The molecule has 17 heavy (non-hydrogen) atoms. The van der Waals surface area contributed by atoms with Gasteiger partial charge in [0.05, 0.1) is 0 Å². The maximum Gasteiger partial charge on any atom is 0.325 e. The van der Waals surface area contributed by atoms with E-state index in [1.54, 1.807) is 4.90 Å². The van der Waals surface area contributed by atoms with Crippen LogP contribution in [0.5, 0.6) is 0 Å². The minimum atomic E-state index is -1.03. The maximum atomic E-state index is 11.8. The van der Waals surface area contributed by atoms with Crippen molar-refractivity contribution in [3.8, 4) is 0 Å². The monoisotopic (exact) mass is 245 g/mol. The van der Waals surface area contributed by atoms with E-state index in [-0.39, 0.29) is 12.1 Å². The Bertz CT molecular complexity index is 269. The van der Waals surface area contributed by atoms with Gasteiger partial charge in [0.1, 0.15) is 6.04 Å². The molecule has 2 atom stereocenters. The third-order valence-corrected chi connectivity index (χ3v) is 2.47. The first kappa shape index (κ1) is 15.7. The van der Waals surface area contributed by atoms with Gasteiger partial charge in [0.2, 0.25) is 0 Å². The highest BCUT2D eigenvalue weighted by molar-refractivity contribution is 5.82. The summed E-state index contributed by atoms with van der Waals surface area (Å²) >= 11 is 0. The number of aliphatic carboxylic acids is 1. The van der Waals surface area contributed by atoms with Gasteiger partial charge < -0.3 is 20.2 Å². The first-order valence-corrected chi connectivity index (χ1v) is 5.74. The Hall–Kier alpha value is -1.30. The molecule has 6 nitrogen and oxygen atoms in total. The van der Waals surface area contributed by atoms with Gasteiger partial charge in [0.25, 0.3) is 0 Å². The molecule has 2 N–H and O–H groups in total. The largest absolute Gasteiger partial charge is 0.480 e. The molecule has 0 heterocycles. The molecule has 0 aromatic heterocycles. The van der Waals surface area contributed by atoms with Gasteiger partial charge >= 0.3 is 12.0 Å². The van der Waals surface area contributed by atoms with Crippen molar-refractivity contribution in [2.75, 3.05) is 27.2 Å². The zero-order valence-corrected chi connectivity index (χ0v) is 11.2. The second kappa shape index (κ2) is 7.11. The van der Waals surface area contributed by atoms with E-state index in [2.05, 4.69) is 5.32 Å². The summed E-state index contributed by atoms with van der Waals surface area (Å²) in [6.07, 6.45) is 0. The number of carboxylic acids is 1. The number of carbonyl (C=O) groups is 2. The minimum absolute atomic E-state index is 0.0380. The highest BCUT2D eigenvalue weighted by Crippen LogP contribution is 2.01. The molecule has 6 heteroatoms. The van der Waals surface area contributed by atoms with Crippen LogP contribution in [-0.4, -0.2) is 66.2 Å². The lowest BCUT2D eigenvalue weighted by Gasteiger charge is -2.30. The Morgan fingerprint density at radius 1 is 1.29 bits per heavy atom. The molecule has 1 unspecified atom stereocenters. The van der Waals surface area contributed by atoms with Gasteiger partial charge in [-0.1, -0.05) is 0 Å². The number of carboxylic acid groups (broad SMARTS) is 1. The molecular weight excluding hydrogens is 222 g/mol. The van der Waals surface area contributed by atoms with Gasteiger partial charge in [0, 0.05) is 19.1 Å². The van der Waals surface area contributed by atoms with Crippen LogP contribution in [0.3, 0.4) is 0 Å². The predicted molar refractivity (Wildman–Crippen MR) is 66.0 cm³/mol. The van der Waals surface area contributed by atoms with Crippen molar-refractivity contribution in [2.24, 2.45) is 0 Å². The van der Waals surface area contributed by atoms with Gasteiger partial charge in [-0.15, -0.1) is 0 Å². The lowest BCUT2D eigenvalue weighted by molar-refractivity contribution is -0.138. The average molecular weight is 245 g/mol. The van der Waals surface area contributed by atoms with Gasteiger partial charge in [-0.3, -0.25) is 4.79 Å². The van der Waals surface area contributed by atoms with Crippen molar-refractivity contribution < 1.29 is 14.7 Å². The number of carbonyl (C=O) groups excluding carboxylic acids is 1. The SMILES string of the molecule is CCN(C(=O)N[C@H](C)C(=O)O)C(C)CN(C)C. The van der Waals surface area contributed by atoms with Crippen molar-refractivity contribution in [3.63, 3.8) is 0 Å². The molecule has 0 saturated carbocycles. The second-order valence-corrected chi connectivity index (χ2v) is 4.41. The Kier molecular flexibility index (Phi) is 6.57. The van der Waals surface area contributed by atoms with E-state index in [4.69, 9.17) is 5.11 Å². The van der Waals surface area contributed by atoms with Crippen LogP contribution in [0.15, 0.2) is 0 Å². The van der Waals surface area contributed by atoms with Crippen LogP contribution in [0.4, 0.5) is 4.79 Å². The van der Waals surface area contributed by atoms with Crippen LogP contribution in [0, 0.1) is 0 Å². The minimum Gasteiger partial charge on any atom is -0.480 e. The molecule has 0 bridgehead atoms. The molecule has 0 rings (SSSR count). The zero-order valence-electron chi connectivity index (χ0n) is 11.2. The fourth-order valence-electron chi connectivity index (χ4n) is 1.61. The topological polar surface area (TPSA) is 72.9 Å². The summed E-state index contributed by atoms with van der Waals surface area (Å²) in [5, 5.41) is 11.2. The molecule has 0 fully saturated rings. The molecular formula is C11H23N3O3. The Morgan fingerprint density at radius 2 is 1.82 bits per heavy atom. The van der Waals surface area contributed by atoms with Gasteiger partial charge in [-0.25, -0.2) is 4.79 Å². The number of likely N-dealkylation sites (N-methyl/N-ethyl adjacent to an activating group) is 2. The second-order valence-electron chi connectivity index (χ2n) is 4.41. The van der Waals surface area contributed by atoms with Gasteiger partial charge in [-0.05, 0) is 34.9 Å². The molecule has 0 aliphatic carbocycles. The van der Waals surface area contributed by atoms with Crippen molar-refractivity contribution in [2.45, 2.75) is 32.9 Å². The molecule has 0 aromatic carbocycles. The van der Waals surface area contributed by atoms with Crippen LogP contribution < -0.4 is 5.32 Å². The summed E-state index contributed by atoms with van der Waals surface area (Å²) in [5.41, 5.74) is 0. The fourth-order valence-corrected chi connectivity index (χ4v) is 1.61. The summed E-state index contributed by atoms with van der Waals surface area (Å²) in [4.78, 5) is 26.1. The third kappa shape index (κ3) is 5.53. The fraction of sp³-hybridized carbons (Fsp3) is 0.818. The Morgan fingerprint density at radius 3 is 2.18 bits per heavy atom. The number of amides is 2. The van der Waals surface area contributed by atoms with Crippen LogP contribution in [0.25, 0.3) is 0 Å². The molecule has 100 valence electrons. The van der Waals surface area contributed by atoms with Crippen molar-refractivity contribution in [3.05, 3.63) is 0 Å². The van der Waals surface area contributed by atoms with Crippen molar-refractivity contribution >= 4 is 12.0 Å². The number of rotatable bonds is 6. The molecule has 0 spiro atoms. The molecule has 0 radical (unpaired) electrons. The normalized spacial score (nSPS) is 14.2. The van der Waals surface area contributed by atoms with E-state index in [0.29, 0.717) is 6.54 Å². The standard InChI is InChI=1S/C11H23N3O3/c1-6-14(8(2)7-13(4)5)11(17)12-9(3)10(15)16/h8-9H,6-7H2,1-5H3,(H,12,17)(H,15,16)/t8?,9-/m1/s1. The number of nitrogens with zero attached hydrogens (tertiary/aromatic N) is 2. The van der Waals surface area contributed by atoms with E-state index in [0.717, 1.165) is 6.54 Å². The van der Waals surface area contributed by atoms with Crippen molar-refractivity contribution in [1.29, 1.82) is 0 Å². The van der Waals surface area contributed by atoms with Crippen molar-refractivity contribution in [1.82, 2.24) is 15.1 Å². The lowest BCUT2D eigenvalue weighted by Crippen LogP contribution is -2.51. The number of hydrogen-bond donors (Lipinski definition) is 2. The van der Waals surface area contributed by atoms with E-state index in [1.807, 2.05) is 32.8 Å². The average Bonchev–Trinajstić information content (AvgIpc) is 2.16. The summed E-state index contributed by atoms with van der Waals surface area (Å²) in [5.74, 6) is -1.03. The quantitative estimate of drug-likeness (QED) is 0.712. The summed E-state index contributed by atoms with van der Waals surface area (Å²) in [6, 6.07) is -1.17. The Labute approximate surface area is 103 Å². The van der Waals surface area contributed by atoms with E-state index in [9.17, 15) is 9.59 Å². The number of nitrogens with one attached hydrogen (secondary N) is 1. The maximum absolute atomic E-state index is 11.8. The first-order chi connectivity index (χ1) is 7.79. The summed E-state index contributed by atoms with van der Waals surface area (Å²) in [6.45, 7) is 6.55. The highest BCUT2D eigenvalue weighted by Gasteiger charge is 2.22. The van der Waals surface area contributed by atoms with Crippen LogP contribution in [0.2, 0.25) is 0 Å². The predicted octanol–water partition coefficient (Wildman–Crippen LogP) is 0.441. The smallest absolute Gasteiger partial charge is 0.325 e. The number of urea groups is 1. The molecule has 0 saturated heterocycles. The third-order valence-electron chi connectivity index (χ3n) is 2.47. The van der Waals surface area contributed by atoms with Crippen LogP contribution in [0.1, 0.15) is 20.8 Å². The van der Waals surface area contributed by atoms with E-state index in [1.165, 1.54) is 6.92 Å². The molecule has 0 aliphatic rings. The van der Waals surface area contributed by atoms with Gasteiger partial charge in [-0.2, -0.15) is 0 Å². The summed E-state index contributed by atoms with van der Waals surface area (Å²) < 4.78 is 0. The van der Waals surface area contributed by atoms with Crippen LogP contribution >= 0.6 is 0 Å². The molecule has 0 aliphatic heterocycles. The molecule has 2 amide bonds. The van der Waals surface area contributed by atoms with E-state index < -0.39 is 12.0 Å². The van der Waals surface area contributed by atoms with Gasteiger partial charge in [0.15, 0.2) is 0 Å². The highest BCUT2D eigenvalue weighted by atomic mass is 16.4. The lowest BCUT2D eigenvalue weighted by atomic mass is 10.2. The number of hydrogen-bond acceptors (Lipinski definition) is 3. The first-order valence-electron chi connectivity index (χ1n) is 5.74. The Balaban J connectivity index is 4.44. The van der Waals surface area contributed by atoms with E-state index >= 15 is 0 Å². The molecule has 0 aromatic rings. The van der Waals surface area contributed by atoms with Crippen LogP contribution in [-0.2, 0) is 4.79 Å².